The lowest BCUT2D eigenvalue weighted by Crippen LogP contribution is -2.35. The van der Waals surface area contributed by atoms with Crippen molar-refractivity contribution in [3.8, 4) is 0 Å². The first-order chi connectivity index (χ1) is 9.46. The van der Waals surface area contributed by atoms with Gasteiger partial charge in [0.05, 0.1) is 6.54 Å². The molecule has 0 fully saturated rings. The largest absolute Gasteiger partial charge is 0.401 e. The van der Waals surface area contributed by atoms with Crippen LogP contribution in [0.1, 0.15) is 31.9 Å². The van der Waals surface area contributed by atoms with Crippen molar-refractivity contribution in [3.05, 3.63) is 35.1 Å². The molecular formula is C15H22F4N2. The van der Waals surface area contributed by atoms with Crippen molar-refractivity contribution in [2.75, 3.05) is 13.6 Å². The number of halogens is 4. The normalized spacial score (nSPS) is 13.0. The standard InChI is InChI=1S/C15H22F4N2/c1-14(2,3)20-8-11-5-6-13(16)12(7-11)9-21(4)10-15(17,18)19/h5-7,20H,8-10H2,1-4H3. The Morgan fingerprint density at radius 3 is 2.29 bits per heavy atom. The first kappa shape index (κ1) is 17.9. The zero-order valence-corrected chi connectivity index (χ0v) is 12.8. The molecule has 0 aliphatic rings. The Morgan fingerprint density at radius 1 is 1.14 bits per heavy atom. The molecule has 120 valence electrons. The highest BCUT2D eigenvalue weighted by Crippen LogP contribution is 2.19. The van der Waals surface area contributed by atoms with Gasteiger partial charge in [0.15, 0.2) is 0 Å². The van der Waals surface area contributed by atoms with E-state index in [9.17, 15) is 17.6 Å². The molecule has 0 unspecified atom stereocenters. The van der Waals surface area contributed by atoms with Crippen LogP contribution in [0.3, 0.4) is 0 Å². The molecule has 0 aliphatic carbocycles. The van der Waals surface area contributed by atoms with Crippen LogP contribution in [-0.4, -0.2) is 30.2 Å². The predicted octanol–water partition coefficient (Wildman–Crippen LogP) is 3.71. The Morgan fingerprint density at radius 2 is 1.76 bits per heavy atom. The number of hydrogen-bond donors (Lipinski definition) is 1. The van der Waals surface area contributed by atoms with Gasteiger partial charge in [-0.1, -0.05) is 12.1 Å². The third kappa shape index (κ3) is 7.43. The molecule has 1 aromatic rings. The van der Waals surface area contributed by atoms with Crippen LogP contribution < -0.4 is 5.32 Å². The number of rotatable bonds is 5. The minimum absolute atomic E-state index is 0.0747. The van der Waals surface area contributed by atoms with Crippen molar-refractivity contribution in [3.63, 3.8) is 0 Å². The average Bonchev–Trinajstić information content (AvgIpc) is 2.26. The van der Waals surface area contributed by atoms with Gasteiger partial charge in [0.25, 0.3) is 0 Å². The highest BCUT2D eigenvalue weighted by Gasteiger charge is 2.29. The maximum Gasteiger partial charge on any atom is 0.401 e. The van der Waals surface area contributed by atoms with Crippen molar-refractivity contribution in [1.29, 1.82) is 0 Å². The molecule has 0 saturated heterocycles. The topological polar surface area (TPSA) is 15.3 Å². The van der Waals surface area contributed by atoms with Crippen molar-refractivity contribution in [1.82, 2.24) is 10.2 Å². The van der Waals surface area contributed by atoms with Crippen LogP contribution in [-0.2, 0) is 13.1 Å². The zero-order valence-electron chi connectivity index (χ0n) is 12.8. The van der Waals surface area contributed by atoms with Crippen molar-refractivity contribution in [2.24, 2.45) is 0 Å². The van der Waals surface area contributed by atoms with E-state index in [0.717, 1.165) is 10.5 Å². The van der Waals surface area contributed by atoms with Gasteiger partial charge in [-0.3, -0.25) is 4.90 Å². The third-order valence-electron chi connectivity index (χ3n) is 2.82. The Labute approximate surface area is 123 Å². The second-order valence-corrected chi connectivity index (χ2v) is 6.32. The van der Waals surface area contributed by atoms with Crippen LogP contribution in [0.4, 0.5) is 17.6 Å². The Balaban J connectivity index is 2.73. The van der Waals surface area contributed by atoms with Gasteiger partial charge in [0.1, 0.15) is 5.82 Å². The number of alkyl halides is 3. The van der Waals surface area contributed by atoms with Crippen molar-refractivity contribution < 1.29 is 17.6 Å². The summed E-state index contributed by atoms with van der Waals surface area (Å²) in [6.45, 7) is 5.43. The molecule has 6 heteroatoms. The van der Waals surface area contributed by atoms with E-state index in [2.05, 4.69) is 5.32 Å². The number of hydrogen-bond acceptors (Lipinski definition) is 2. The van der Waals surface area contributed by atoms with Crippen molar-refractivity contribution in [2.45, 2.75) is 45.6 Å². The fourth-order valence-electron chi connectivity index (χ4n) is 1.88. The van der Waals surface area contributed by atoms with Gasteiger partial charge < -0.3 is 5.32 Å². The zero-order chi connectivity index (χ0) is 16.3. The quantitative estimate of drug-likeness (QED) is 0.834. The summed E-state index contributed by atoms with van der Waals surface area (Å²) in [5.41, 5.74) is 1.04. The second kappa shape index (κ2) is 6.75. The highest BCUT2D eigenvalue weighted by atomic mass is 19.4. The van der Waals surface area contributed by atoms with Gasteiger partial charge in [0, 0.05) is 24.2 Å². The van der Waals surface area contributed by atoms with E-state index < -0.39 is 18.5 Å². The Kier molecular flexibility index (Phi) is 5.75. The summed E-state index contributed by atoms with van der Waals surface area (Å²) in [5, 5.41) is 3.26. The number of nitrogens with zero attached hydrogens (tertiary/aromatic N) is 1. The van der Waals surface area contributed by atoms with Gasteiger partial charge in [-0.05, 0) is 39.4 Å². The maximum atomic E-state index is 13.7. The van der Waals surface area contributed by atoms with Gasteiger partial charge >= 0.3 is 6.18 Å². The Bertz CT molecular complexity index is 464. The molecule has 1 aromatic carbocycles. The van der Waals surface area contributed by atoms with Crippen LogP contribution in [0, 0.1) is 5.82 Å². The molecule has 0 bridgehead atoms. The summed E-state index contributed by atoms with van der Waals surface area (Å²) in [5.74, 6) is -0.483. The average molecular weight is 306 g/mol. The van der Waals surface area contributed by atoms with E-state index in [4.69, 9.17) is 0 Å². The second-order valence-electron chi connectivity index (χ2n) is 6.32. The molecule has 21 heavy (non-hydrogen) atoms. The van der Waals surface area contributed by atoms with Gasteiger partial charge in [0.2, 0.25) is 0 Å². The summed E-state index contributed by atoms with van der Waals surface area (Å²) >= 11 is 0. The summed E-state index contributed by atoms with van der Waals surface area (Å²) in [6.07, 6.45) is -4.28. The highest BCUT2D eigenvalue weighted by molar-refractivity contribution is 5.25. The molecule has 0 heterocycles. The van der Waals surface area contributed by atoms with Crippen LogP contribution >= 0.6 is 0 Å². The molecule has 0 saturated carbocycles. The molecule has 0 amide bonds. The van der Waals surface area contributed by atoms with Crippen LogP contribution in [0.25, 0.3) is 0 Å². The van der Waals surface area contributed by atoms with Crippen LogP contribution in [0.15, 0.2) is 18.2 Å². The van der Waals surface area contributed by atoms with Gasteiger partial charge in [-0.2, -0.15) is 13.2 Å². The van der Waals surface area contributed by atoms with E-state index in [1.165, 1.54) is 13.1 Å². The molecular weight excluding hydrogens is 284 g/mol. The van der Waals surface area contributed by atoms with Crippen molar-refractivity contribution >= 4 is 0 Å². The van der Waals surface area contributed by atoms with E-state index in [0.29, 0.717) is 6.54 Å². The SMILES string of the molecule is CN(Cc1cc(CNC(C)(C)C)ccc1F)CC(F)(F)F. The molecule has 1 rings (SSSR count). The third-order valence-corrected chi connectivity index (χ3v) is 2.82. The van der Waals surface area contributed by atoms with Gasteiger partial charge in [-0.25, -0.2) is 4.39 Å². The molecule has 2 nitrogen and oxygen atoms in total. The lowest BCUT2D eigenvalue weighted by atomic mass is 10.1. The molecule has 0 atom stereocenters. The summed E-state index contributed by atoms with van der Waals surface area (Å²) < 4.78 is 50.6. The maximum absolute atomic E-state index is 13.7. The molecule has 0 aromatic heterocycles. The molecule has 0 spiro atoms. The fraction of sp³-hybridized carbons (Fsp3) is 0.600. The first-order valence-electron chi connectivity index (χ1n) is 6.74. The molecule has 0 aliphatic heterocycles. The number of benzene rings is 1. The first-order valence-corrected chi connectivity index (χ1v) is 6.74. The Hall–Kier alpha value is -1.14. The minimum Gasteiger partial charge on any atom is -0.308 e. The van der Waals surface area contributed by atoms with Crippen LogP contribution in [0.5, 0.6) is 0 Å². The van der Waals surface area contributed by atoms with E-state index in [-0.39, 0.29) is 17.6 Å². The monoisotopic (exact) mass is 306 g/mol. The predicted molar refractivity (Wildman–Crippen MR) is 75.4 cm³/mol. The summed E-state index contributed by atoms with van der Waals surface area (Å²) in [4.78, 5) is 1.05. The number of nitrogens with one attached hydrogen (secondary N) is 1. The van der Waals surface area contributed by atoms with E-state index >= 15 is 0 Å². The van der Waals surface area contributed by atoms with E-state index in [1.54, 1.807) is 12.1 Å². The molecule has 1 N–H and O–H groups in total. The summed E-state index contributed by atoms with van der Waals surface area (Å²) in [6, 6.07) is 4.55. The molecule has 0 radical (unpaired) electrons. The lowest BCUT2D eigenvalue weighted by molar-refractivity contribution is -0.144. The van der Waals surface area contributed by atoms with Crippen LogP contribution in [0.2, 0.25) is 0 Å². The van der Waals surface area contributed by atoms with E-state index in [1.807, 2.05) is 20.8 Å². The fourth-order valence-corrected chi connectivity index (χ4v) is 1.88. The lowest BCUT2D eigenvalue weighted by Gasteiger charge is -2.22. The minimum atomic E-state index is -4.28. The van der Waals surface area contributed by atoms with Gasteiger partial charge in [-0.15, -0.1) is 0 Å². The smallest absolute Gasteiger partial charge is 0.308 e. The summed E-state index contributed by atoms with van der Waals surface area (Å²) in [7, 11) is 1.33.